The van der Waals surface area contributed by atoms with Crippen LogP contribution in [0.5, 0.6) is 0 Å². The van der Waals surface area contributed by atoms with Crippen molar-refractivity contribution in [2.24, 2.45) is 0 Å². The maximum Gasteiger partial charge on any atom is 0.134 e. The Kier molecular flexibility index (Phi) is 6.30. The molecule has 1 aromatic carbocycles. The van der Waals surface area contributed by atoms with Gasteiger partial charge in [-0.25, -0.2) is 0 Å². The third-order valence-electron chi connectivity index (χ3n) is 3.02. The molecule has 2 rings (SSSR count). The largest absolute Gasteiger partial charge is 0.460 e. The first kappa shape index (κ1) is 16.1. The number of hydrogen-bond acceptors (Lipinski definition) is 3. The minimum absolute atomic E-state index is 0.301. The number of hydrogen-bond donors (Lipinski definition) is 1. The van der Waals surface area contributed by atoms with Crippen molar-refractivity contribution < 1.29 is 9.15 Å². The standard InChI is InChI=1S/C17H22ClNO2/c1-13(2)20-10-4-9-19-12-16-7-8-17(21-16)14-5-3-6-15(18)11-14/h3,5-8,11,13,19H,4,9-10,12H2,1-2H3. The van der Waals surface area contributed by atoms with Crippen molar-refractivity contribution >= 4 is 11.6 Å². The lowest BCUT2D eigenvalue weighted by Crippen LogP contribution is -2.17. The van der Waals surface area contributed by atoms with Crippen molar-refractivity contribution in [2.75, 3.05) is 13.2 Å². The monoisotopic (exact) mass is 307 g/mol. The second kappa shape index (κ2) is 8.23. The van der Waals surface area contributed by atoms with E-state index in [1.54, 1.807) is 0 Å². The summed E-state index contributed by atoms with van der Waals surface area (Å²) in [5, 5.41) is 4.07. The molecule has 1 N–H and O–H groups in total. The normalized spacial score (nSPS) is 11.2. The first-order valence-corrected chi connectivity index (χ1v) is 7.70. The van der Waals surface area contributed by atoms with Crippen molar-refractivity contribution in [3.05, 3.63) is 47.2 Å². The minimum Gasteiger partial charge on any atom is -0.460 e. The summed E-state index contributed by atoms with van der Waals surface area (Å²) in [6.07, 6.45) is 1.30. The van der Waals surface area contributed by atoms with Gasteiger partial charge in [0.1, 0.15) is 11.5 Å². The molecule has 1 aromatic heterocycles. The highest BCUT2D eigenvalue weighted by molar-refractivity contribution is 6.30. The van der Waals surface area contributed by atoms with E-state index in [1.807, 2.05) is 50.2 Å². The first-order valence-electron chi connectivity index (χ1n) is 7.32. The van der Waals surface area contributed by atoms with Gasteiger partial charge in [0.2, 0.25) is 0 Å². The van der Waals surface area contributed by atoms with Gasteiger partial charge in [0.15, 0.2) is 0 Å². The van der Waals surface area contributed by atoms with E-state index in [0.717, 1.165) is 43.2 Å². The first-order chi connectivity index (χ1) is 10.1. The lowest BCUT2D eigenvalue weighted by Gasteiger charge is -2.07. The fraction of sp³-hybridized carbons (Fsp3) is 0.412. The summed E-state index contributed by atoms with van der Waals surface area (Å²) in [7, 11) is 0. The second-order valence-electron chi connectivity index (χ2n) is 5.23. The Morgan fingerprint density at radius 3 is 2.86 bits per heavy atom. The molecule has 0 fully saturated rings. The highest BCUT2D eigenvalue weighted by Gasteiger charge is 2.05. The Morgan fingerprint density at radius 1 is 1.24 bits per heavy atom. The molecule has 1 heterocycles. The highest BCUT2D eigenvalue weighted by atomic mass is 35.5. The third kappa shape index (κ3) is 5.54. The molecule has 0 aliphatic carbocycles. The molecule has 21 heavy (non-hydrogen) atoms. The van der Waals surface area contributed by atoms with Crippen LogP contribution in [0.4, 0.5) is 0 Å². The molecule has 4 heteroatoms. The Labute approximate surface area is 131 Å². The van der Waals surface area contributed by atoms with Gasteiger partial charge in [-0.1, -0.05) is 23.7 Å². The Hall–Kier alpha value is -1.29. The van der Waals surface area contributed by atoms with E-state index >= 15 is 0 Å². The number of halogens is 1. The molecule has 0 unspecified atom stereocenters. The molecule has 0 amide bonds. The van der Waals surface area contributed by atoms with Gasteiger partial charge in [-0.05, 0) is 51.1 Å². The van der Waals surface area contributed by atoms with Crippen LogP contribution in [0.25, 0.3) is 11.3 Å². The van der Waals surface area contributed by atoms with E-state index in [1.165, 1.54) is 0 Å². The quantitative estimate of drug-likeness (QED) is 0.729. The highest BCUT2D eigenvalue weighted by Crippen LogP contribution is 2.24. The Morgan fingerprint density at radius 2 is 2.10 bits per heavy atom. The van der Waals surface area contributed by atoms with E-state index in [2.05, 4.69) is 5.32 Å². The molecule has 0 aliphatic rings. The fourth-order valence-electron chi connectivity index (χ4n) is 2.00. The molecule has 0 atom stereocenters. The molecule has 0 aliphatic heterocycles. The zero-order valence-corrected chi connectivity index (χ0v) is 13.3. The van der Waals surface area contributed by atoms with Crippen LogP contribution in [0.1, 0.15) is 26.0 Å². The summed E-state index contributed by atoms with van der Waals surface area (Å²) >= 11 is 5.99. The number of rotatable bonds is 8. The van der Waals surface area contributed by atoms with Crippen molar-refractivity contribution in [1.82, 2.24) is 5.32 Å². The van der Waals surface area contributed by atoms with Crippen LogP contribution in [-0.4, -0.2) is 19.3 Å². The Bertz CT molecular complexity index is 551. The predicted octanol–water partition coefficient (Wildman–Crippen LogP) is 4.50. The Balaban J connectivity index is 1.76. The van der Waals surface area contributed by atoms with E-state index in [4.69, 9.17) is 20.8 Å². The van der Waals surface area contributed by atoms with Gasteiger partial charge < -0.3 is 14.5 Å². The number of ether oxygens (including phenoxy) is 1. The van der Waals surface area contributed by atoms with Crippen LogP contribution in [0.3, 0.4) is 0 Å². The van der Waals surface area contributed by atoms with Gasteiger partial charge in [-0.15, -0.1) is 0 Å². The molecule has 0 spiro atoms. The molecule has 0 bridgehead atoms. The van der Waals surface area contributed by atoms with Crippen LogP contribution in [0.15, 0.2) is 40.8 Å². The number of nitrogens with one attached hydrogen (secondary N) is 1. The second-order valence-corrected chi connectivity index (χ2v) is 5.66. The predicted molar refractivity (Wildman–Crippen MR) is 86.6 cm³/mol. The molecular weight excluding hydrogens is 286 g/mol. The molecule has 114 valence electrons. The SMILES string of the molecule is CC(C)OCCCNCc1ccc(-c2cccc(Cl)c2)o1. The zero-order valence-electron chi connectivity index (χ0n) is 12.6. The summed E-state index contributed by atoms with van der Waals surface area (Å²) in [5.74, 6) is 1.77. The molecular formula is C17H22ClNO2. The average molecular weight is 308 g/mol. The van der Waals surface area contributed by atoms with Crippen molar-refractivity contribution in [1.29, 1.82) is 0 Å². The minimum atomic E-state index is 0.301. The molecule has 0 radical (unpaired) electrons. The van der Waals surface area contributed by atoms with Crippen LogP contribution in [0.2, 0.25) is 5.02 Å². The van der Waals surface area contributed by atoms with Crippen molar-refractivity contribution in [3.8, 4) is 11.3 Å². The fourth-order valence-corrected chi connectivity index (χ4v) is 2.19. The van der Waals surface area contributed by atoms with Gasteiger partial charge in [-0.3, -0.25) is 0 Å². The number of furan rings is 1. The van der Waals surface area contributed by atoms with Crippen LogP contribution in [-0.2, 0) is 11.3 Å². The summed E-state index contributed by atoms with van der Waals surface area (Å²) < 4.78 is 11.3. The van der Waals surface area contributed by atoms with E-state index < -0.39 is 0 Å². The van der Waals surface area contributed by atoms with Gasteiger partial charge in [0, 0.05) is 17.2 Å². The van der Waals surface area contributed by atoms with Gasteiger partial charge in [0.25, 0.3) is 0 Å². The van der Waals surface area contributed by atoms with Gasteiger partial charge >= 0.3 is 0 Å². The smallest absolute Gasteiger partial charge is 0.134 e. The van der Waals surface area contributed by atoms with E-state index in [-0.39, 0.29) is 0 Å². The van der Waals surface area contributed by atoms with Crippen LogP contribution >= 0.6 is 11.6 Å². The average Bonchev–Trinajstić information content (AvgIpc) is 2.91. The van der Waals surface area contributed by atoms with E-state index in [9.17, 15) is 0 Å². The summed E-state index contributed by atoms with van der Waals surface area (Å²) in [6, 6.07) is 11.6. The topological polar surface area (TPSA) is 34.4 Å². The van der Waals surface area contributed by atoms with Gasteiger partial charge in [-0.2, -0.15) is 0 Å². The van der Waals surface area contributed by atoms with Crippen molar-refractivity contribution in [3.63, 3.8) is 0 Å². The summed E-state index contributed by atoms with van der Waals surface area (Å²) in [5.41, 5.74) is 0.999. The van der Waals surface area contributed by atoms with Crippen LogP contribution in [0, 0.1) is 0 Å². The molecule has 0 saturated carbocycles. The maximum absolute atomic E-state index is 5.99. The number of benzene rings is 1. The third-order valence-corrected chi connectivity index (χ3v) is 3.25. The van der Waals surface area contributed by atoms with Crippen molar-refractivity contribution in [2.45, 2.75) is 32.9 Å². The van der Waals surface area contributed by atoms with Gasteiger partial charge in [0.05, 0.1) is 12.6 Å². The van der Waals surface area contributed by atoms with Crippen LogP contribution < -0.4 is 5.32 Å². The molecule has 3 nitrogen and oxygen atoms in total. The maximum atomic E-state index is 5.99. The lowest BCUT2D eigenvalue weighted by molar-refractivity contribution is 0.0770. The molecule has 2 aromatic rings. The zero-order chi connectivity index (χ0) is 15.1. The van der Waals surface area contributed by atoms with E-state index in [0.29, 0.717) is 11.1 Å². The lowest BCUT2D eigenvalue weighted by atomic mass is 10.2. The summed E-state index contributed by atoms with van der Waals surface area (Å²) in [4.78, 5) is 0. The summed E-state index contributed by atoms with van der Waals surface area (Å²) in [6.45, 7) is 6.53. The molecule has 0 saturated heterocycles.